The van der Waals surface area contributed by atoms with E-state index in [1.54, 1.807) is 24.3 Å². The van der Waals surface area contributed by atoms with Crippen LogP contribution in [0.15, 0.2) is 71.6 Å². The van der Waals surface area contributed by atoms with Crippen molar-refractivity contribution < 1.29 is 24.0 Å². The number of halogens is 1. The summed E-state index contributed by atoms with van der Waals surface area (Å²) < 4.78 is 11.1. The van der Waals surface area contributed by atoms with Crippen LogP contribution >= 0.6 is 23.4 Å². The highest BCUT2D eigenvalue weighted by molar-refractivity contribution is 8.19. The maximum atomic E-state index is 12.9. The molecule has 1 fully saturated rings. The molecular formula is C24H17ClN2O6S. The minimum atomic E-state index is -0.588. The van der Waals surface area contributed by atoms with Crippen molar-refractivity contribution >= 4 is 52.0 Å². The Morgan fingerprint density at radius 3 is 2.41 bits per heavy atom. The van der Waals surface area contributed by atoms with Crippen LogP contribution in [-0.4, -0.2) is 23.2 Å². The molecule has 0 aromatic heterocycles. The van der Waals surface area contributed by atoms with Gasteiger partial charge in [-0.25, -0.2) is 4.90 Å². The average Bonchev–Trinajstić information content (AvgIpc) is 3.11. The fourth-order valence-electron chi connectivity index (χ4n) is 3.27. The Morgan fingerprint density at radius 2 is 1.76 bits per heavy atom. The number of thioether (sulfide) groups is 1. The average molecular weight is 497 g/mol. The molecule has 3 aromatic carbocycles. The zero-order valence-electron chi connectivity index (χ0n) is 17.8. The van der Waals surface area contributed by atoms with E-state index in [0.29, 0.717) is 22.5 Å². The topological polar surface area (TPSA) is 99.0 Å². The van der Waals surface area contributed by atoms with Crippen molar-refractivity contribution in [1.82, 2.24) is 0 Å². The van der Waals surface area contributed by atoms with E-state index in [9.17, 15) is 19.7 Å². The van der Waals surface area contributed by atoms with E-state index < -0.39 is 16.1 Å². The third-order valence-corrected chi connectivity index (χ3v) is 6.03. The highest BCUT2D eigenvalue weighted by atomic mass is 35.5. The van der Waals surface area contributed by atoms with Crippen molar-refractivity contribution in [3.05, 3.63) is 97.9 Å². The standard InChI is InChI=1S/C24H17ClN2O6S/c1-32-20-11-16(19(27(30)31)13-21(20)33-14-15-5-3-2-4-6-15)12-22-23(28)26(24(29)34-22)18-9-7-17(25)8-10-18/h2-13H,14H2,1H3/b22-12+. The molecule has 0 unspecified atom stereocenters. The molecule has 0 saturated carbocycles. The Morgan fingerprint density at radius 1 is 1.06 bits per heavy atom. The Balaban J connectivity index is 1.66. The van der Waals surface area contributed by atoms with Gasteiger partial charge in [-0.2, -0.15) is 0 Å². The lowest BCUT2D eigenvalue weighted by atomic mass is 10.1. The summed E-state index contributed by atoms with van der Waals surface area (Å²) in [6.07, 6.45) is 1.31. The van der Waals surface area contributed by atoms with Gasteiger partial charge in [0.05, 0.1) is 34.3 Å². The van der Waals surface area contributed by atoms with E-state index in [4.69, 9.17) is 21.1 Å². The number of hydrogen-bond donors (Lipinski definition) is 0. The van der Waals surface area contributed by atoms with E-state index in [2.05, 4.69) is 0 Å². The summed E-state index contributed by atoms with van der Waals surface area (Å²) in [7, 11) is 1.41. The van der Waals surface area contributed by atoms with Gasteiger partial charge in [0.15, 0.2) is 11.5 Å². The molecule has 3 aromatic rings. The lowest BCUT2D eigenvalue weighted by Crippen LogP contribution is -2.27. The van der Waals surface area contributed by atoms with Gasteiger partial charge in [0.2, 0.25) is 0 Å². The number of hydrogen-bond acceptors (Lipinski definition) is 7. The molecule has 0 atom stereocenters. The number of nitro groups is 1. The van der Waals surface area contributed by atoms with Gasteiger partial charge in [0.1, 0.15) is 6.61 Å². The number of ether oxygens (including phenoxy) is 2. The minimum absolute atomic E-state index is 0.0445. The lowest BCUT2D eigenvalue weighted by molar-refractivity contribution is -0.385. The van der Waals surface area contributed by atoms with E-state index in [1.807, 2.05) is 30.3 Å². The number of amides is 2. The Hall–Kier alpha value is -3.82. The zero-order chi connectivity index (χ0) is 24.2. The summed E-state index contributed by atoms with van der Waals surface area (Å²) in [6.45, 7) is 0.188. The summed E-state index contributed by atoms with van der Waals surface area (Å²) in [4.78, 5) is 37.7. The largest absolute Gasteiger partial charge is 0.493 e. The lowest BCUT2D eigenvalue weighted by Gasteiger charge is -2.13. The Labute approximate surface area is 203 Å². The molecule has 4 rings (SSSR count). The number of methoxy groups -OCH3 is 1. The van der Waals surface area contributed by atoms with Gasteiger partial charge in [0, 0.05) is 5.02 Å². The first-order chi connectivity index (χ1) is 16.4. The fraction of sp³-hybridized carbons (Fsp3) is 0.0833. The molecule has 172 valence electrons. The van der Waals surface area contributed by atoms with Crippen molar-refractivity contribution in [3.8, 4) is 11.5 Å². The van der Waals surface area contributed by atoms with Gasteiger partial charge >= 0.3 is 0 Å². The summed E-state index contributed by atoms with van der Waals surface area (Å²) >= 11 is 6.57. The molecule has 2 amide bonds. The van der Waals surface area contributed by atoms with Crippen LogP contribution in [-0.2, 0) is 11.4 Å². The van der Waals surface area contributed by atoms with E-state index >= 15 is 0 Å². The van der Waals surface area contributed by atoms with Crippen molar-refractivity contribution in [3.63, 3.8) is 0 Å². The number of carbonyl (C=O) groups is 2. The van der Waals surface area contributed by atoms with E-state index in [1.165, 1.54) is 25.3 Å². The van der Waals surface area contributed by atoms with E-state index in [0.717, 1.165) is 10.5 Å². The van der Waals surface area contributed by atoms with Gasteiger partial charge in [-0.15, -0.1) is 0 Å². The van der Waals surface area contributed by atoms with Crippen molar-refractivity contribution in [2.75, 3.05) is 12.0 Å². The van der Waals surface area contributed by atoms with Crippen LogP contribution in [0.3, 0.4) is 0 Å². The first-order valence-electron chi connectivity index (χ1n) is 9.94. The molecule has 10 heteroatoms. The number of imide groups is 1. The molecule has 34 heavy (non-hydrogen) atoms. The predicted molar refractivity (Wildman–Crippen MR) is 130 cm³/mol. The van der Waals surface area contributed by atoms with Crippen LogP contribution in [0.5, 0.6) is 11.5 Å². The maximum absolute atomic E-state index is 12.9. The van der Waals surface area contributed by atoms with Crippen LogP contribution in [0.1, 0.15) is 11.1 Å². The third-order valence-electron chi connectivity index (χ3n) is 4.91. The minimum Gasteiger partial charge on any atom is -0.493 e. The van der Waals surface area contributed by atoms with Crippen molar-refractivity contribution in [2.45, 2.75) is 6.61 Å². The second-order valence-corrected chi connectivity index (χ2v) is 8.52. The third kappa shape index (κ3) is 4.90. The van der Waals surface area contributed by atoms with Gasteiger partial charge < -0.3 is 9.47 Å². The van der Waals surface area contributed by atoms with Crippen LogP contribution in [0.25, 0.3) is 6.08 Å². The molecule has 0 spiro atoms. The smallest absolute Gasteiger partial charge is 0.298 e. The van der Waals surface area contributed by atoms with E-state index in [-0.39, 0.29) is 34.3 Å². The highest BCUT2D eigenvalue weighted by Crippen LogP contribution is 2.40. The van der Waals surface area contributed by atoms with Gasteiger partial charge in [-0.05, 0) is 53.7 Å². The summed E-state index contributed by atoms with van der Waals surface area (Å²) in [5.74, 6) is -0.149. The van der Waals surface area contributed by atoms with Gasteiger partial charge in [0.25, 0.3) is 16.8 Å². The number of nitrogens with zero attached hydrogens (tertiary/aromatic N) is 2. The maximum Gasteiger partial charge on any atom is 0.298 e. The molecule has 0 bridgehead atoms. The predicted octanol–water partition coefficient (Wildman–Crippen LogP) is 6.08. The molecule has 1 heterocycles. The molecule has 1 saturated heterocycles. The zero-order valence-corrected chi connectivity index (χ0v) is 19.3. The number of anilines is 1. The first kappa shape index (κ1) is 23.3. The van der Waals surface area contributed by atoms with Crippen LogP contribution in [0.2, 0.25) is 5.02 Å². The summed E-state index contributed by atoms with van der Waals surface area (Å²) in [5, 5.41) is 11.7. The fourth-order valence-corrected chi connectivity index (χ4v) is 4.23. The molecule has 8 nitrogen and oxygen atoms in total. The normalized spacial score (nSPS) is 14.5. The van der Waals surface area contributed by atoms with Crippen molar-refractivity contribution in [2.24, 2.45) is 0 Å². The van der Waals surface area contributed by atoms with Gasteiger partial charge in [-0.1, -0.05) is 41.9 Å². The molecule has 1 aliphatic rings. The molecule has 1 aliphatic heterocycles. The summed E-state index contributed by atoms with van der Waals surface area (Å²) in [5.41, 5.74) is 1.05. The monoisotopic (exact) mass is 496 g/mol. The van der Waals surface area contributed by atoms with Crippen LogP contribution < -0.4 is 14.4 Å². The molecular weight excluding hydrogens is 480 g/mol. The molecule has 0 radical (unpaired) electrons. The van der Waals surface area contributed by atoms with Crippen LogP contribution in [0.4, 0.5) is 16.2 Å². The SMILES string of the molecule is COc1cc(/C=C2/SC(=O)N(c3ccc(Cl)cc3)C2=O)c([N+](=O)[O-])cc1OCc1ccccc1. The van der Waals surface area contributed by atoms with Gasteiger partial charge in [-0.3, -0.25) is 19.7 Å². The Kier molecular flexibility index (Phi) is 6.85. The molecule has 0 N–H and O–H groups in total. The van der Waals surface area contributed by atoms with Crippen molar-refractivity contribution in [1.29, 1.82) is 0 Å². The summed E-state index contributed by atoms with van der Waals surface area (Å²) in [6, 6.07) is 18.2. The number of benzene rings is 3. The number of carbonyl (C=O) groups excluding carboxylic acids is 2. The van der Waals surface area contributed by atoms with Crippen LogP contribution in [0, 0.1) is 10.1 Å². The first-order valence-corrected chi connectivity index (χ1v) is 11.1. The number of rotatable bonds is 7. The molecule has 0 aliphatic carbocycles. The second-order valence-electron chi connectivity index (χ2n) is 7.09. The number of nitro benzene ring substituents is 1. The second kappa shape index (κ2) is 9.98. The Bertz CT molecular complexity index is 1290. The quantitative estimate of drug-likeness (QED) is 0.222. The highest BCUT2D eigenvalue weighted by Gasteiger charge is 2.37.